The van der Waals surface area contributed by atoms with Crippen molar-refractivity contribution in [2.45, 2.75) is 19.1 Å². The number of sulfonamides is 1. The average molecular weight is 459 g/mol. The van der Waals surface area contributed by atoms with E-state index in [4.69, 9.17) is 9.47 Å². The lowest BCUT2D eigenvalue weighted by Gasteiger charge is -2.35. The van der Waals surface area contributed by atoms with E-state index in [2.05, 4.69) is 5.32 Å². The van der Waals surface area contributed by atoms with Gasteiger partial charge >= 0.3 is 21.4 Å². The first-order valence-corrected chi connectivity index (χ1v) is 11.4. The van der Waals surface area contributed by atoms with Gasteiger partial charge in [-0.1, -0.05) is 42.5 Å². The van der Waals surface area contributed by atoms with Crippen molar-refractivity contribution in [1.82, 2.24) is 10.2 Å². The number of ether oxygens (including phenoxy) is 2. The molecule has 0 aliphatic carbocycles. The average Bonchev–Trinajstić information content (AvgIpc) is 3.13. The first-order valence-electron chi connectivity index (χ1n) is 9.93. The summed E-state index contributed by atoms with van der Waals surface area (Å²) in [5, 5.41) is 1.06. The number of rotatable bonds is 6. The summed E-state index contributed by atoms with van der Waals surface area (Å²) in [6, 6.07) is 14.7. The van der Waals surface area contributed by atoms with Crippen molar-refractivity contribution >= 4 is 33.0 Å². The Morgan fingerprint density at radius 3 is 2.53 bits per heavy atom. The number of carbonyl (C=O) groups is 3. The molecule has 11 heteroatoms. The van der Waals surface area contributed by atoms with Crippen LogP contribution in [0.1, 0.15) is 12.0 Å². The van der Waals surface area contributed by atoms with Crippen LogP contribution < -0.4 is 14.4 Å². The highest BCUT2D eigenvalue weighted by Crippen LogP contribution is 2.36. The van der Waals surface area contributed by atoms with Crippen LogP contribution in [0.15, 0.2) is 54.6 Å². The molecule has 0 radical (unpaired) electrons. The molecule has 0 saturated carbocycles. The maximum atomic E-state index is 13.0. The number of hydrogen-bond donors (Lipinski definition) is 1. The molecule has 2 aromatic carbocycles. The Kier molecular flexibility index (Phi) is 5.99. The highest BCUT2D eigenvalue weighted by Gasteiger charge is 2.39. The molecule has 1 N–H and O–H groups in total. The fourth-order valence-corrected chi connectivity index (χ4v) is 4.64. The minimum atomic E-state index is -4.50. The van der Waals surface area contributed by atoms with E-state index in [1.54, 1.807) is 48.5 Å². The zero-order chi connectivity index (χ0) is 22.7. The second-order valence-corrected chi connectivity index (χ2v) is 8.98. The standard InChI is InChI=1S/C21H21N3O7S/c25-19-12-22-20(26)23(19)11-10-16-13-24(17-8-4-5-9-18(17)31-16)32(28,29)21(27)30-14-15-6-2-1-3-7-15/h1-9,16H,10-14H2,(H,22,26)/t16-/m0/s1. The minimum Gasteiger partial charge on any atom is -0.486 e. The Morgan fingerprint density at radius 1 is 1.09 bits per heavy atom. The number of fused-ring (bicyclic) bond motifs is 1. The van der Waals surface area contributed by atoms with E-state index in [1.807, 2.05) is 0 Å². The van der Waals surface area contributed by atoms with Crippen LogP contribution in [0.5, 0.6) is 5.75 Å². The van der Waals surface area contributed by atoms with Gasteiger partial charge in [-0.3, -0.25) is 14.0 Å². The summed E-state index contributed by atoms with van der Waals surface area (Å²) in [4.78, 5) is 37.1. The molecule has 0 aromatic heterocycles. The predicted molar refractivity (Wildman–Crippen MR) is 113 cm³/mol. The van der Waals surface area contributed by atoms with Crippen molar-refractivity contribution in [3.05, 3.63) is 60.2 Å². The van der Waals surface area contributed by atoms with Gasteiger partial charge in [-0.15, -0.1) is 0 Å². The van der Waals surface area contributed by atoms with Gasteiger partial charge in [0, 0.05) is 13.0 Å². The van der Waals surface area contributed by atoms with E-state index in [1.165, 1.54) is 6.07 Å². The van der Waals surface area contributed by atoms with Crippen LogP contribution >= 0.6 is 0 Å². The third-order valence-electron chi connectivity index (χ3n) is 5.11. The normalized spacial score (nSPS) is 18.1. The topological polar surface area (TPSA) is 122 Å². The van der Waals surface area contributed by atoms with Gasteiger partial charge in [0.15, 0.2) is 0 Å². The number of hydrogen-bond acceptors (Lipinski definition) is 7. The van der Waals surface area contributed by atoms with E-state index in [-0.39, 0.29) is 50.0 Å². The third-order valence-corrected chi connectivity index (χ3v) is 6.57. The molecule has 0 unspecified atom stereocenters. The summed E-state index contributed by atoms with van der Waals surface area (Å²) in [5.41, 5.74) is 0.875. The fourth-order valence-electron chi connectivity index (χ4n) is 3.48. The van der Waals surface area contributed by atoms with Gasteiger partial charge in [0.1, 0.15) is 18.5 Å². The first kappa shape index (κ1) is 21.6. The van der Waals surface area contributed by atoms with Gasteiger partial charge < -0.3 is 14.8 Å². The lowest BCUT2D eigenvalue weighted by molar-refractivity contribution is -0.125. The van der Waals surface area contributed by atoms with Crippen molar-refractivity contribution in [3.8, 4) is 5.75 Å². The lowest BCUT2D eigenvalue weighted by Crippen LogP contribution is -2.47. The zero-order valence-electron chi connectivity index (χ0n) is 17.0. The van der Waals surface area contributed by atoms with E-state index >= 15 is 0 Å². The summed E-state index contributed by atoms with van der Waals surface area (Å²) in [7, 11) is -4.50. The van der Waals surface area contributed by atoms with Crippen LogP contribution in [0.3, 0.4) is 0 Å². The molecule has 0 bridgehead atoms. The Labute approximate surface area is 184 Å². The summed E-state index contributed by atoms with van der Waals surface area (Å²) < 4.78 is 38.0. The Balaban J connectivity index is 1.50. The number of para-hydroxylation sites is 2. The molecular formula is C21H21N3O7S. The molecular weight excluding hydrogens is 438 g/mol. The predicted octanol–water partition coefficient (Wildman–Crippen LogP) is 1.86. The first-order chi connectivity index (χ1) is 15.4. The van der Waals surface area contributed by atoms with Crippen molar-refractivity contribution in [3.63, 3.8) is 0 Å². The van der Waals surface area contributed by atoms with Crippen LogP contribution in [0.2, 0.25) is 0 Å². The minimum absolute atomic E-state index is 0.0594. The van der Waals surface area contributed by atoms with Gasteiger partial charge in [0.05, 0.1) is 18.8 Å². The molecule has 3 amide bonds. The number of benzene rings is 2. The third kappa shape index (κ3) is 4.37. The number of urea groups is 1. The van der Waals surface area contributed by atoms with E-state index in [0.717, 1.165) is 9.21 Å². The highest BCUT2D eigenvalue weighted by molar-refractivity contribution is 8.06. The van der Waals surface area contributed by atoms with Gasteiger partial charge in [0.25, 0.3) is 0 Å². The van der Waals surface area contributed by atoms with E-state index in [0.29, 0.717) is 5.56 Å². The molecule has 1 atom stereocenters. The molecule has 168 valence electrons. The summed E-state index contributed by atoms with van der Waals surface area (Å²) in [6.07, 6.45) is -0.485. The number of amides is 3. The molecule has 1 fully saturated rings. The van der Waals surface area contributed by atoms with Gasteiger partial charge in [-0.05, 0) is 17.7 Å². The van der Waals surface area contributed by atoms with Gasteiger partial charge in [0.2, 0.25) is 5.91 Å². The number of carbonyl (C=O) groups excluding carboxylic acids is 3. The number of imide groups is 1. The molecule has 4 rings (SSSR count). The van der Waals surface area contributed by atoms with Crippen LogP contribution in [0.4, 0.5) is 15.3 Å². The van der Waals surface area contributed by atoms with Gasteiger partial charge in [-0.2, -0.15) is 8.42 Å². The Morgan fingerprint density at radius 2 is 1.81 bits per heavy atom. The zero-order valence-corrected chi connectivity index (χ0v) is 17.8. The summed E-state index contributed by atoms with van der Waals surface area (Å²) in [5.74, 6) is -0.0828. The monoisotopic (exact) mass is 459 g/mol. The summed E-state index contributed by atoms with van der Waals surface area (Å²) >= 11 is 0. The molecule has 2 aliphatic heterocycles. The Bertz CT molecular complexity index is 1120. The van der Waals surface area contributed by atoms with Crippen molar-refractivity contribution in [2.75, 3.05) is 23.9 Å². The van der Waals surface area contributed by atoms with Crippen LogP contribution in [-0.4, -0.2) is 56.3 Å². The Hall–Kier alpha value is -3.60. The maximum Gasteiger partial charge on any atom is 0.445 e. The SMILES string of the molecule is O=C1CNC(=O)N1CC[C@H]1CN(S(=O)(=O)C(=O)OCc2ccccc2)c2ccccc2O1. The lowest BCUT2D eigenvalue weighted by atomic mass is 10.2. The largest absolute Gasteiger partial charge is 0.486 e. The van der Waals surface area contributed by atoms with Crippen LogP contribution in [-0.2, 0) is 26.2 Å². The van der Waals surface area contributed by atoms with Crippen LogP contribution in [0, 0.1) is 0 Å². The quantitative estimate of drug-likeness (QED) is 0.517. The molecule has 2 aromatic rings. The molecule has 1 saturated heterocycles. The molecule has 10 nitrogen and oxygen atoms in total. The second-order valence-electron chi connectivity index (χ2n) is 7.26. The highest BCUT2D eigenvalue weighted by atomic mass is 32.2. The molecule has 0 spiro atoms. The maximum absolute atomic E-state index is 13.0. The number of anilines is 1. The molecule has 32 heavy (non-hydrogen) atoms. The fraction of sp³-hybridized carbons (Fsp3) is 0.286. The number of nitrogens with zero attached hydrogens (tertiary/aromatic N) is 2. The van der Waals surface area contributed by atoms with Crippen LogP contribution in [0.25, 0.3) is 0 Å². The van der Waals surface area contributed by atoms with Crippen molar-refractivity contribution in [2.24, 2.45) is 0 Å². The summed E-state index contributed by atoms with van der Waals surface area (Å²) in [6.45, 7) is -0.352. The van der Waals surface area contributed by atoms with E-state index in [9.17, 15) is 22.8 Å². The van der Waals surface area contributed by atoms with Crippen molar-refractivity contribution in [1.29, 1.82) is 0 Å². The van der Waals surface area contributed by atoms with E-state index < -0.39 is 27.5 Å². The van der Waals surface area contributed by atoms with Gasteiger partial charge in [-0.25, -0.2) is 9.59 Å². The van der Waals surface area contributed by atoms with Crippen molar-refractivity contribution < 1.29 is 32.3 Å². The number of nitrogens with one attached hydrogen (secondary N) is 1. The smallest absolute Gasteiger partial charge is 0.445 e. The molecule has 2 heterocycles. The molecule has 2 aliphatic rings. The second kappa shape index (κ2) is 8.87.